The van der Waals surface area contributed by atoms with Crippen LogP contribution < -0.4 is 15.8 Å². The fourth-order valence-electron chi connectivity index (χ4n) is 3.00. The molecule has 0 spiro atoms. The largest absolute Gasteiger partial charge is 0.490 e. The van der Waals surface area contributed by atoms with Crippen LogP contribution in [0, 0.1) is 5.92 Å². The number of nitrogens with one attached hydrogen (secondary N) is 1. The summed E-state index contributed by atoms with van der Waals surface area (Å²) in [5.41, 5.74) is 6.94. The minimum Gasteiger partial charge on any atom is -0.490 e. The second kappa shape index (κ2) is 10.6. The van der Waals surface area contributed by atoms with E-state index >= 15 is 0 Å². The zero-order valence-electron chi connectivity index (χ0n) is 14.8. The molecule has 24 heavy (non-hydrogen) atoms. The second-order valence-electron chi connectivity index (χ2n) is 6.98. The molecular formula is C19H31ClN2O2. The maximum absolute atomic E-state index is 11.9. The maximum atomic E-state index is 11.9. The summed E-state index contributed by atoms with van der Waals surface area (Å²) in [4.78, 5) is 11.9. The molecular weight excluding hydrogens is 324 g/mol. The molecule has 0 saturated heterocycles. The molecule has 4 nitrogen and oxygen atoms in total. The smallest absolute Gasteiger partial charge is 0.237 e. The first-order valence-corrected chi connectivity index (χ1v) is 8.83. The lowest BCUT2D eigenvalue weighted by Crippen LogP contribution is -2.41. The van der Waals surface area contributed by atoms with Crippen LogP contribution in [0.1, 0.15) is 57.9 Å². The molecule has 1 aromatic rings. The number of benzene rings is 1. The average Bonchev–Trinajstić information content (AvgIpc) is 2.54. The Morgan fingerprint density at radius 1 is 1.21 bits per heavy atom. The van der Waals surface area contributed by atoms with Crippen LogP contribution in [-0.2, 0) is 11.3 Å². The van der Waals surface area contributed by atoms with E-state index in [4.69, 9.17) is 10.5 Å². The second-order valence-corrected chi connectivity index (χ2v) is 6.98. The molecule has 0 bridgehead atoms. The van der Waals surface area contributed by atoms with Gasteiger partial charge < -0.3 is 15.8 Å². The fourth-order valence-corrected chi connectivity index (χ4v) is 3.00. The van der Waals surface area contributed by atoms with Crippen molar-refractivity contribution < 1.29 is 9.53 Å². The fraction of sp³-hybridized carbons (Fsp3) is 0.632. The molecule has 2 rings (SSSR count). The van der Waals surface area contributed by atoms with E-state index in [1.807, 2.05) is 24.3 Å². The first-order chi connectivity index (χ1) is 11.0. The lowest BCUT2D eigenvalue weighted by atomic mass is 9.98. The van der Waals surface area contributed by atoms with E-state index in [1.165, 1.54) is 19.3 Å². The summed E-state index contributed by atoms with van der Waals surface area (Å²) < 4.78 is 6.01. The van der Waals surface area contributed by atoms with Gasteiger partial charge in [-0.1, -0.05) is 32.4 Å². The Balaban J connectivity index is 0.00000288. The van der Waals surface area contributed by atoms with Gasteiger partial charge in [-0.2, -0.15) is 0 Å². The minimum absolute atomic E-state index is 0. The van der Waals surface area contributed by atoms with E-state index in [1.54, 1.807) is 0 Å². The monoisotopic (exact) mass is 354 g/mol. The molecule has 1 saturated carbocycles. The van der Waals surface area contributed by atoms with Gasteiger partial charge in [0.1, 0.15) is 5.75 Å². The number of hydrogen-bond acceptors (Lipinski definition) is 3. The van der Waals surface area contributed by atoms with E-state index in [0.29, 0.717) is 25.0 Å². The highest BCUT2D eigenvalue weighted by Crippen LogP contribution is 2.23. The average molecular weight is 355 g/mol. The summed E-state index contributed by atoms with van der Waals surface area (Å²) in [7, 11) is 0. The lowest BCUT2D eigenvalue weighted by Gasteiger charge is -2.23. The maximum Gasteiger partial charge on any atom is 0.237 e. The van der Waals surface area contributed by atoms with Crippen molar-refractivity contribution in [2.45, 2.75) is 71.1 Å². The molecule has 1 aliphatic rings. The van der Waals surface area contributed by atoms with Crippen LogP contribution in [0.15, 0.2) is 24.3 Å². The summed E-state index contributed by atoms with van der Waals surface area (Å²) in [5, 5.41) is 2.90. The predicted octanol–water partition coefficient (Wildman–Crippen LogP) is 3.81. The number of hydrogen-bond donors (Lipinski definition) is 2. The highest BCUT2D eigenvalue weighted by Gasteiger charge is 2.15. The van der Waals surface area contributed by atoms with E-state index in [9.17, 15) is 4.79 Å². The third kappa shape index (κ3) is 7.10. The summed E-state index contributed by atoms with van der Waals surface area (Å²) in [6.45, 7) is 4.64. The van der Waals surface area contributed by atoms with Crippen molar-refractivity contribution in [1.29, 1.82) is 0 Å². The molecule has 0 aromatic heterocycles. The topological polar surface area (TPSA) is 64.4 Å². The standard InChI is InChI=1S/C19H30N2O2.ClH/c1-14(2)12-18(20)19(22)21-13-15-8-10-17(11-9-15)23-16-6-4-3-5-7-16;/h8-11,14,16,18H,3-7,12-13,20H2,1-2H3,(H,21,22);1H/t18-;/m0./s1. The molecule has 136 valence electrons. The van der Waals surface area contributed by atoms with Crippen molar-refractivity contribution >= 4 is 18.3 Å². The third-order valence-corrected chi connectivity index (χ3v) is 4.31. The third-order valence-electron chi connectivity index (χ3n) is 4.31. The molecule has 1 aromatic carbocycles. The summed E-state index contributed by atoms with van der Waals surface area (Å²) >= 11 is 0. The SMILES string of the molecule is CC(C)C[C@H](N)C(=O)NCc1ccc(OC2CCCCC2)cc1.Cl. The Bertz CT molecular complexity index is 485. The summed E-state index contributed by atoms with van der Waals surface area (Å²) in [6.07, 6.45) is 7.26. The van der Waals surface area contributed by atoms with Crippen LogP contribution in [0.25, 0.3) is 0 Å². The summed E-state index contributed by atoms with van der Waals surface area (Å²) in [6, 6.07) is 7.57. The molecule has 1 aliphatic carbocycles. The van der Waals surface area contributed by atoms with Crippen molar-refractivity contribution in [3.8, 4) is 5.75 Å². The number of ether oxygens (including phenoxy) is 1. The highest BCUT2D eigenvalue weighted by atomic mass is 35.5. The minimum atomic E-state index is -0.427. The predicted molar refractivity (Wildman–Crippen MR) is 100 cm³/mol. The lowest BCUT2D eigenvalue weighted by molar-refractivity contribution is -0.122. The van der Waals surface area contributed by atoms with Crippen molar-refractivity contribution in [2.24, 2.45) is 11.7 Å². The quantitative estimate of drug-likeness (QED) is 0.782. The van der Waals surface area contributed by atoms with E-state index < -0.39 is 6.04 Å². The number of rotatable bonds is 7. The van der Waals surface area contributed by atoms with E-state index in [-0.39, 0.29) is 18.3 Å². The van der Waals surface area contributed by atoms with Crippen LogP contribution in [0.2, 0.25) is 0 Å². The van der Waals surface area contributed by atoms with Crippen LogP contribution in [0.3, 0.4) is 0 Å². The number of carbonyl (C=O) groups is 1. The van der Waals surface area contributed by atoms with E-state index in [2.05, 4.69) is 19.2 Å². The van der Waals surface area contributed by atoms with Crippen molar-refractivity contribution in [3.05, 3.63) is 29.8 Å². The molecule has 1 fully saturated rings. The molecule has 3 N–H and O–H groups in total. The Morgan fingerprint density at radius 2 is 1.83 bits per heavy atom. The van der Waals surface area contributed by atoms with Crippen LogP contribution in [-0.4, -0.2) is 18.1 Å². The van der Waals surface area contributed by atoms with E-state index in [0.717, 1.165) is 24.2 Å². The number of nitrogens with two attached hydrogens (primary N) is 1. The molecule has 1 atom stereocenters. The zero-order valence-corrected chi connectivity index (χ0v) is 15.6. The normalized spacial score (nSPS) is 16.3. The van der Waals surface area contributed by atoms with Gasteiger partial charge in [-0.05, 0) is 55.7 Å². The first-order valence-electron chi connectivity index (χ1n) is 8.83. The van der Waals surface area contributed by atoms with Gasteiger partial charge in [-0.25, -0.2) is 0 Å². The van der Waals surface area contributed by atoms with Gasteiger partial charge in [0.15, 0.2) is 0 Å². The molecule has 5 heteroatoms. The van der Waals surface area contributed by atoms with Gasteiger partial charge >= 0.3 is 0 Å². The Labute approximate surface area is 151 Å². The van der Waals surface area contributed by atoms with Crippen LogP contribution >= 0.6 is 12.4 Å². The summed E-state index contributed by atoms with van der Waals surface area (Å²) in [5.74, 6) is 1.26. The molecule has 1 amide bonds. The number of amides is 1. The Kier molecular flexibility index (Phi) is 9.16. The van der Waals surface area contributed by atoms with Gasteiger partial charge in [0.25, 0.3) is 0 Å². The van der Waals surface area contributed by atoms with Gasteiger partial charge in [0, 0.05) is 6.54 Å². The van der Waals surface area contributed by atoms with Gasteiger partial charge in [-0.3, -0.25) is 4.79 Å². The highest BCUT2D eigenvalue weighted by molar-refractivity contribution is 5.85. The van der Waals surface area contributed by atoms with Gasteiger partial charge in [-0.15, -0.1) is 12.4 Å². The molecule has 0 aliphatic heterocycles. The molecule has 0 unspecified atom stereocenters. The number of halogens is 1. The van der Waals surface area contributed by atoms with Gasteiger partial charge in [0.05, 0.1) is 12.1 Å². The van der Waals surface area contributed by atoms with Crippen molar-refractivity contribution in [1.82, 2.24) is 5.32 Å². The van der Waals surface area contributed by atoms with Crippen LogP contribution in [0.5, 0.6) is 5.75 Å². The number of carbonyl (C=O) groups excluding carboxylic acids is 1. The Morgan fingerprint density at radius 3 is 2.42 bits per heavy atom. The molecule has 0 radical (unpaired) electrons. The van der Waals surface area contributed by atoms with Crippen molar-refractivity contribution in [3.63, 3.8) is 0 Å². The van der Waals surface area contributed by atoms with Crippen molar-refractivity contribution in [2.75, 3.05) is 0 Å². The van der Waals surface area contributed by atoms with Gasteiger partial charge in [0.2, 0.25) is 5.91 Å². The zero-order chi connectivity index (χ0) is 16.7. The first kappa shape index (κ1) is 20.8. The van der Waals surface area contributed by atoms with Crippen LogP contribution in [0.4, 0.5) is 0 Å². The molecule has 0 heterocycles. The Hall–Kier alpha value is -1.26.